The minimum atomic E-state index is -0.855. The van der Waals surface area contributed by atoms with Crippen molar-refractivity contribution in [1.29, 1.82) is 0 Å². The summed E-state index contributed by atoms with van der Waals surface area (Å²) < 4.78 is 25.6. The van der Waals surface area contributed by atoms with Gasteiger partial charge in [0.1, 0.15) is 23.3 Å². The van der Waals surface area contributed by atoms with E-state index in [0.717, 1.165) is 89.9 Å². The third-order valence-corrected chi connectivity index (χ3v) is 27.9. The van der Waals surface area contributed by atoms with Crippen LogP contribution in [0.5, 0.6) is 0 Å². The van der Waals surface area contributed by atoms with E-state index >= 15 is 0 Å². The molecule has 20 atom stereocenters. The molecule has 10 aliphatic carbocycles. The Kier molecular flexibility index (Phi) is 13.0. The van der Waals surface area contributed by atoms with Gasteiger partial charge in [-0.05, 0) is 224 Å². The average Bonchev–Trinajstić information content (AvgIpc) is 3.87. The van der Waals surface area contributed by atoms with Gasteiger partial charge in [-0.25, -0.2) is 0 Å². The molecule has 0 amide bonds. The summed E-state index contributed by atoms with van der Waals surface area (Å²) in [5.41, 5.74) is -1.38. The third-order valence-electron chi connectivity index (χ3n) is 27.9. The number of hydrogen-bond acceptors (Lipinski definition) is 10. The molecule has 0 bridgehead atoms. The molecular weight excluding hydrogens is 1040 g/mol. The van der Waals surface area contributed by atoms with Crippen LogP contribution in [0.2, 0.25) is 0 Å². The number of carbonyl (C=O) groups excluding carboxylic acids is 4. The zero-order chi connectivity index (χ0) is 54.1. The summed E-state index contributed by atoms with van der Waals surface area (Å²) in [5, 5.41) is 22.4. The van der Waals surface area contributed by atoms with Crippen LogP contribution in [-0.4, -0.2) is 106 Å². The van der Waals surface area contributed by atoms with Crippen molar-refractivity contribution >= 4 is 49.3 Å². The predicted octanol–water partition coefficient (Wildman–Crippen LogP) is 11.3. The Hall–Kier alpha value is -1.01. The molecule has 0 aromatic carbocycles. The molecule has 4 spiro atoms. The van der Waals surface area contributed by atoms with Crippen molar-refractivity contribution in [2.45, 2.75) is 286 Å². The Labute approximate surface area is 470 Å². The number of carbonyl (C=O) groups is 4. The number of hydrogen-bond donors (Lipinski definition) is 2. The van der Waals surface area contributed by atoms with Crippen molar-refractivity contribution in [1.82, 2.24) is 0 Å². The van der Waals surface area contributed by atoms with Crippen LogP contribution in [0, 0.1) is 89.7 Å². The summed E-state index contributed by atoms with van der Waals surface area (Å²) in [5.74, 6) is 2.85. The molecule has 0 radical (unpaired) electrons. The van der Waals surface area contributed by atoms with Gasteiger partial charge < -0.3 is 29.2 Å². The van der Waals surface area contributed by atoms with Crippen molar-refractivity contribution in [3.05, 3.63) is 0 Å². The first-order chi connectivity index (χ1) is 34.0. The summed E-state index contributed by atoms with van der Waals surface area (Å²) in [6, 6.07) is 0. The summed E-state index contributed by atoms with van der Waals surface area (Å²) in [7, 11) is 0. The molecule has 2 heterocycles. The van der Waals surface area contributed by atoms with Gasteiger partial charge in [0.25, 0.3) is 0 Å². The van der Waals surface area contributed by atoms with Crippen molar-refractivity contribution in [2.24, 2.45) is 89.7 Å². The maximum atomic E-state index is 13.0. The standard InChI is InChI=1S/C34H52O6.C30H48O4.In.3H/c1-20(35)38-22-18-31(8)24-11-10-23-28(3,4)25(37)12-15-33(23)19-34(24,33)17-16-30(31,7)27(22)32(9)14-13-26(40-32)29(5,6)39-21(2)36;1-24(2)19-8-9-20-27(6)16-18(31)23(28(7)12-11-22(34-28)25(3,4)33)26(27,5)14-15-30(20)17-29(19,30)13-10-21(24)32;;;;/h22-24,26-27H,10-19H2,1-9H3;18-20,22-23,31,33H,8-17H2,1-7H3;;;;/t22-,23?,24?,26+,27?,30+,31-,32-,33+,34-;18-,19?,20?,22+,23?,26+,27-,28-,29+,30-;;;;/m00..../s1. The fraction of sp³-hybridized carbons (Fsp3) is 0.938. The second-order valence-corrected chi connectivity index (χ2v) is 32.1. The molecule has 2 saturated heterocycles. The number of aliphatic hydroxyl groups excluding tert-OH is 1. The summed E-state index contributed by atoms with van der Waals surface area (Å²) in [6.45, 7) is 33.9. The molecule has 0 aromatic rings. The maximum absolute atomic E-state index is 13.0. The molecule has 0 aromatic heterocycles. The van der Waals surface area contributed by atoms with E-state index in [4.69, 9.17) is 18.9 Å². The number of esters is 2. The van der Waals surface area contributed by atoms with Crippen LogP contribution in [0.25, 0.3) is 0 Å². The molecule has 12 fully saturated rings. The predicted molar refractivity (Wildman–Crippen MR) is 293 cm³/mol. The Balaban J connectivity index is 0.000000171. The van der Waals surface area contributed by atoms with Gasteiger partial charge in [-0.3, -0.25) is 19.2 Å². The van der Waals surface area contributed by atoms with Crippen molar-refractivity contribution in [3.8, 4) is 0 Å². The van der Waals surface area contributed by atoms with E-state index in [1.54, 1.807) is 0 Å². The molecule has 6 unspecified atom stereocenters. The normalized spacial score (nSPS) is 53.4. The molecule has 2 N–H and O–H groups in total. The first-order valence-electron chi connectivity index (χ1n) is 30.2. The molecule has 2 aliphatic heterocycles. The molecular formula is C64H103InO10. The fourth-order valence-corrected chi connectivity index (χ4v) is 24.5. The second-order valence-electron chi connectivity index (χ2n) is 32.1. The van der Waals surface area contributed by atoms with Gasteiger partial charge in [0, 0.05) is 49.4 Å². The van der Waals surface area contributed by atoms with Gasteiger partial charge in [-0.2, -0.15) is 0 Å². The summed E-state index contributed by atoms with van der Waals surface area (Å²) in [4.78, 5) is 50.3. The van der Waals surface area contributed by atoms with Crippen molar-refractivity contribution in [3.63, 3.8) is 0 Å². The van der Waals surface area contributed by atoms with Gasteiger partial charge in [0.15, 0.2) is 0 Å². The quantitative estimate of drug-likeness (QED) is 0.247. The van der Waals surface area contributed by atoms with Gasteiger partial charge in [0.2, 0.25) is 0 Å². The van der Waals surface area contributed by atoms with Gasteiger partial charge in [0.05, 0.1) is 35.1 Å². The SMILES string of the molecule is CC(=O)O[C@H]1C[C@@]2(C)C3CCC4C(C)(C)C(=O)CC[C@@]45C[C@@]35CC[C@]2(C)C1[C@]1(C)CC[C@H](C(C)(C)OC(C)=O)O1.CC1(C)C(=O)CC[C@]23C[C@]24CC[C@]2(C)C([C@]5(C)CC[C@H](C(C)(C)O)O5)[C@@H](O)C[C@@]2(C)C4CCC13.[InH3]. The zero-order valence-electron chi connectivity index (χ0n) is 49.1. The Morgan fingerprint density at radius 1 is 0.533 bits per heavy atom. The van der Waals surface area contributed by atoms with Crippen LogP contribution in [0.1, 0.15) is 239 Å². The Morgan fingerprint density at radius 3 is 1.40 bits per heavy atom. The van der Waals surface area contributed by atoms with E-state index in [2.05, 4.69) is 69.2 Å². The van der Waals surface area contributed by atoms with E-state index in [1.165, 1.54) is 52.4 Å². The van der Waals surface area contributed by atoms with E-state index in [1.807, 2.05) is 27.7 Å². The Morgan fingerprint density at radius 2 is 0.947 bits per heavy atom. The number of ketones is 2. The summed E-state index contributed by atoms with van der Waals surface area (Å²) >= 11 is 0. The van der Waals surface area contributed by atoms with E-state index in [0.29, 0.717) is 56.9 Å². The number of rotatable bonds is 6. The number of aliphatic hydroxyl groups is 2. The van der Waals surface area contributed by atoms with E-state index < -0.39 is 22.4 Å². The van der Waals surface area contributed by atoms with Gasteiger partial charge >= 0.3 is 37.8 Å². The van der Waals surface area contributed by atoms with Gasteiger partial charge in [-0.1, -0.05) is 55.4 Å². The van der Waals surface area contributed by atoms with Gasteiger partial charge in [-0.15, -0.1) is 0 Å². The molecule has 11 heteroatoms. The first-order valence-corrected chi connectivity index (χ1v) is 30.2. The zero-order valence-corrected chi connectivity index (χ0v) is 49.1. The molecule has 75 heavy (non-hydrogen) atoms. The molecule has 10 saturated carbocycles. The molecule has 12 aliphatic rings. The monoisotopic (exact) mass is 1150 g/mol. The average molecular weight is 1150 g/mol. The van der Waals surface area contributed by atoms with Crippen LogP contribution < -0.4 is 0 Å². The third kappa shape index (κ3) is 7.33. The van der Waals surface area contributed by atoms with Crippen molar-refractivity contribution < 1.29 is 48.3 Å². The number of Topliss-reactive ketones (excluding diaryl/α,β-unsaturated/α-hetero) is 2. The van der Waals surface area contributed by atoms with Crippen LogP contribution in [0.4, 0.5) is 0 Å². The molecule has 422 valence electrons. The summed E-state index contributed by atoms with van der Waals surface area (Å²) in [6.07, 6.45) is 19.9. The molecule has 12 rings (SSSR count). The van der Waals surface area contributed by atoms with Crippen LogP contribution >= 0.6 is 0 Å². The first kappa shape index (κ1) is 57.2. The fourth-order valence-electron chi connectivity index (χ4n) is 24.5. The van der Waals surface area contributed by atoms with Crippen LogP contribution in [0.3, 0.4) is 0 Å². The topological polar surface area (TPSA) is 146 Å². The number of fused-ring (bicyclic) bond motifs is 4. The van der Waals surface area contributed by atoms with E-state index in [-0.39, 0.29) is 107 Å². The Bertz CT molecular complexity index is 2390. The number of ether oxygens (including phenoxy) is 4. The van der Waals surface area contributed by atoms with Crippen LogP contribution in [-0.2, 0) is 38.1 Å². The minimum absolute atomic E-state index is 0. The van der Waals surface area contributed by atoms with Crippen molar-refractivity contribution in [2.75, 3.05) is 0 Å². The second kappa shape index (κ2) is 17.0. The molecule has 10 nitrogen and oxygen atoms in total. The van der Waals surface area contributed by atoms with E-state index in [9.17, 15) is 29.4 Å². The van der Waals surface area contributed by atoms with Crippen LogP contribution in [0.15, 0.2) is 0 Å².